The van der Waals surface area contributed by atoms with Crippen LogP contribution in [0.25, 0.3) is 0 Å². The second-order valence-electron chi connectivity index (χ2n) is 6.98. The Hall–Kier alpha value is -3.55. The number of nitrogens with one attached hydrogen (secondary N) is 2. The number of anilines is 2. The van der Waals surface area contributed by atoms with Crippen LogP contribution in [0.4, 0.5) is 11.4 Å². The van der Waals surface area contributed by atoms with E-state index < -0.39 is 0 Å². The molecule has 2 aromatic rings. The Bertz CT molecular complexity index is 906. The van der Waals surface area contributed by atoms with Gasteiger partial charge in [-0.2, -0.15) is 0 Å². The van der Waals surface area contributed by atoms with Gasteiger partial charge >= 0.3 is 0 Å². The first-order valence-electron chi connectivity index (χ1n) is 9.81. The van der Waals surface area contributed by atoms with E-state index in [1.807, 2.05) is 29.2 Å². The highest BCUT2D eigenvalue weighted by atomic mass is 16.5. The van der Waals surface area contributed by atoms with Crippen molar-refractivity contribution < 1.29 is 19.1 Å². The van der Waals surface area contributed by atoms with Crippen LogP contribution in [-0.4, -0.2) is 62.5 Å². The molecule has 2 aromatic carbocycles. The largest absolute Gasteiger partial charge is 0.484 e. The predicted octanol–water partition coefficient (Wildman–Crippen LogP) is 1.73. The first-order chi connectivity index (χ1) is 14.5. The van der Waals surface area contributed by atoms with E-state index in [2.05, 4.69) is 15.5 Å². The van der Waals surface area contributed by atoms with Crippen LogP contribution in [0.2, 0.25) is 0 Å². The summed E-state index contributed by atoms with van der Waals surface area (Å²) in [6.45, 7) is 4.47. The number of hydrogen-bond acceptors (Lipinski definition) is 5. The molecule has 1 heterocycles. The molecule has 8 nitrogen and oxygen atoms in total. The third-order valence-corrected chi connectivity index (χ3v) is 4.93. The van der Waals surface area contributed by atoms with Gasteiger partial charge < -0.3 is 25.2 Å². The van der Waals surface area contributed by atoms with Crippen LogP contribution in [-0.2, 0) is 9.59 Å². The minimum absolute atomic E-state index is 0.108. The van der Waals surface area contributed by atoms with Gasteiger partial charge in [-0.3, -0.25) is 14.4 Å². The van der Waals surface area contributed by atoms with Crippen LogP contribution in [0.3, 0.4) is 0 Å². The van der Waals surface area contributed by atoms with Gasteiger partial charge in [0.25, 0.3) is 11.8 Å². The molecule has 1 saturated heterocycles. The van der Waals surface area contributed by atoms with Crippen LogP contribution in [0.1, 0.15) is 17.3 Å². The van der Waals surface area contributed by atoms with Gasteiger partial charge in [0.15, 0.2) is 6.61 Å². The third-order valence-electron chi connectivity index (χ3n) is 4.93. The Kier molecular flexibility index (Phi) is 6.90. The minimum atomic E-state index is -0.312. The maximum atomic E-state index is 12.2. The quantitative estimate of drug-likeness (QED) is 0.757. The van der Waals surface area contributed by atoms with Gasteiger partial charge in [-0.05, 0) is 42.5 Å². The zero-order valence-corrected chi connectivity index (χ0v) is 17.2. The average Bonchev–Trinajstić information content (AvgIpc) is 2.77. The monoisotopic (exact) mass is 410 g/mol. The number of rotatable bonds is 6. The first kappa shape index (κ1) is 21.2. The lowest BCUT2D eigenvalue weighted by molar-refractivity contribution is -0.129. The van der Waals surface area contributed by atoms with Gasteiger partial charge in [-0.15, -0.1) is 0 Å². The highest BCUT2D eigenvalue weighted by molar-refractivity contribution is 5.97. The molecule has 30 heavy (non-hydrogen) atoms. The van der Waals surface area contributed by atoms with Gasteiger partial charge in [0.2, 0.25) is 5.91 Å². The van der Waals surface area contributed by atoms with E-state index >= 15 is 0 Å². The number of carbonyl (C=O) groups excluding carboxylic acids is 3. The first-order valence-corrected chi connectivity index (χ1v) is 9.81. The summed E-state index contributed by atoms with van der Waals surface area (Å²) in [6.07, 6.45) is 0. The normalized spacial score (nSPS) is 13.5. The van der Waals surface area contributed by atoms with Gasteiger partial charge in [0, 0.05) is 57.1 Å². The average molecular weight is 410 g/mol. The molecule has 0 bridgehead atoms. The van der Waals surface area contributed by atoms with Crippen LogP contribution in [0.5, 0.6) is 5.75 Å². The van der Waals surface area contributed by atoms with Crippen molar-refractivity contribution in [3.63, 3.8) is 0 Å². The standard InChI is InChI=1S/C22H26N4O4/c1-16(27)25-10-12-26(13-11-25)19-6-8-20(9-7-19)30-15-21(28)24-18-5-3-4-17(14-18)22(29)23-2/h3-9,14H,10-13,15H2,1-2H3,(H,23,29)(H,24,28). The summed E-state index contributed by atoms with van der Waals surface area (Å²) in [7, 11) is 1.55. The maximum Gasteiger partial charge on any atom is 0.262 e. The molecule has 0 spiro atoms. The molecular formula is C22H26N4O4. The van der Waals surface area contributed by atoms with E-state index in [0.29, 0.717) is 17.0 Å². The van der Waals surface area contributed by atoms with E-state index in [1.54, 1.807) is 38.2 Å². The molecule has 0 unspecified atom stereocenters. The zero-order valence-electron chi connectivity index (χ0n) is 17.2. The van der Waals surface area contributed by atoms with Gasteiger partial charge in [0.05, 0.1) is 0 Å². The summed E-state index contributed by atoms with van der Waals surface area (Å²) in [4.78, 5) is 39.3. The zero-order chi connectivity index (χ0) is 21.5. The van der Waals surface area contributed by atoms with Crippen molar-refractivity contribution in [3.05, 3.63) is 54.1 Å². The molecule has 1 aliphatic heterocycles. The molecule has 0 radical (unpaired) electrons. The SMILES string of the molecule is CNC(=O)c1cccc(NC(=O)COc2ccc(N3CCN(C(C)=O)CC3)cc2)c1. The molecule has 0 saturated carbocycles. The minimum Gasteiger partial charge on any atom is -0.484 e. The Morgan fingerprint density at radius 2 is 1.70 bits per heavy atom. The Balaban J connectivity index is 1.49. The van der Waals surface area contributed by atoms with Crippen LogP contribution in [0, 0.1) is 0 Å². The number of ether oxygens (including phenoxy) is 1. The van der Waals surface area contributed by atoms with Crippen molar-refractivity contribution in [1.29, 1.82) is 0 Å². The Labute approximate surface area is 175 Å². The highest BCUT2D eigenvalue weighted by Gasteiger charge is 2.18. The molecule has 0 atom stereocenters. The number of hydrogen-bond donors (Lipinski definition) is 2. The second-order valence-corrected chi connectivity index (χ2v) is 6.98. The smallest absolute Gasteiger partial charge is 0.262 e. The van der Waals surface area contributed by atoms with Crippen molar-refractivity contribution in [2.75, 3.05) is 50.1 Å². The molecule has 1 fully saturated rings. The summed E-state index contributed by atoms with van der Waals surface area (Å²) >= 11 is 0. The fourth-order valence-corrected chi connectivity index (χ4v) is 3.26. The van der Waals surface area contributed by atoms with E-state index in [9.17, 15) is 14.4 Å². The molecule has 158 valence electrons. The number of carbonyl (C=O) groups is 3. The third kappa shape index (κ3) is 5.50. The summed E-state index contributed by atoms with van der Waals surface area (Å²) in [5.41, 5.74) is 2.06. The van der Waals surface area contributed by atoms with Gasteiger partial charge in [-0.1, -0.05) is 6.07 Å². The predicted molar refractivity (Wildman–Crippen MR) is 115 cm³/mol. The second kappa shape index (κ2) is 9.78. The van der Waals surface area contributed by atoms with E-state index in [4.69, 9.17) is 4.74 Å². The van der Waals surface area contributed by atoms with Crippen LogP contribution in [0.15, 0.2) is 48.5 Å². The Morgan fingerprint density at radius 1 is 1.00 bits per heavy atom. The summed E-state index contributed by atoms with van der Waals surface area (Å²) in [6, 6.07) is 14.2. The molecule has 3 amide bonds. The van der Waals surface area contributed by atoms with Crippen LogP contribution >= 0.6 is 0 Å². The van der Waals surface area contributed by atoms with E-state index in [-0.39, 0.29) is 24.3 Å². The van der Waals surface area contributed by atoms with Gasteiger partial charge in [0.1, 0.15) is 5.75 Å². The summed E-state index contributed by atoms with van der Waals surface area (Å²) < 4.78 is 5.57. The van der Waals surface area contributed by atoms with E-state index in [1.165, 1.54) is 0 Å². The molecular weight excluding hydrogens is 384 g/mol. The lowest BCUT2D eigenvalue weighted by Gasteiger charge is -2.35. The lowest BCUT2D eigenvalue weighted by atomic mass is 10.2. The van der Waals surface area contributed by atoms with Crippen molar-refractivity contribution in [1.82, 2.24) is 10.2 Å². The van der Waals surface area contributed by atoms with Crippen molar-refractivity contribution in [2.45, 2.75) is 6.92 Å². The number of nitrogens with zero attached hydrogens (tertiary/aromatic N) is 2. The van der Waals surface area contributed by atoms with E-state index in [0.717, 1.165) is 31.9 Å². The summed E-state index contributed by atoms with van der Waals surface area (Å²) in [5, 5.41) is 5.27. The highest BCUT2D eigenvalue weighted by Crippen LogP contribution is 2.21. The number of amides is 3. The fraction of sp³-hybridized carbons (Fsp3) is 0.318. The number of benzene rings is 2. The lowest BCUT2D eigenvalue weighted by Crippen LogP contribution is -2.48. The van der Waals surface area contributed by atoms with Crippen molar-refractivity contribution in [3.8, 4) is 5.75 Å². The molecule has 1 aliphatic rings. The Morgan fingerprint density at radius 3 is 2.33 bits per heavy atom. The van der Waals surface area contributed by atoms with Crippen molar-refractivity contribution >= 4 is 29.1 Å². The fourth-order valence-electron chi connectivity index (χ4n) is 3.26. The number of piperazine rings is 1. The topological polar surface area (TPSA) is 91.0 Å². The molecule has 2 N–H and O–H groups in total. The molecule has 0 aliphatic carbocycles. The van der Waals surface area contributed by atoms with Crippen molar-refractivity contribution in [2.24, 2.45) is 0 Å². The molecule has 3 rings (SSSR count). The summed E-state index contributed by atoms with van der Waals surface area (Å²) in [5.74, 6) is 0.172. The van der Waals surface area contributed by atoms with Crippen LogP contribution < -0.4 is 20.3 Å². The maximum absolute atomic E-state index is 12.2. The van der Waals surface area contributed by atoms with Gasteiger partial charge in [-0.25, -0.2) is 0 Å². The molecule has 0 aromatic heterocycles. The molecule has 8 heteroatoms.